The number of halogens is 1. The molecule has 0 aliphatic rings. The summed E-state index contributed by atoms with van der Waals surface area (Å²) in [6.07, 6.45) is 2.04. The maximum atomic E-state index is 11.8. The third kappa shape index (κ3) is 10.5. The Morgan fingerprint density at radius 2 is 2.00 bits per heavy atom. The van der Waals surface area contributed by atoms with Gasteiger partial charge in [0, 0.05) is 19.4 Å². The van der Waals surface area contributed by atoms with E-state index in [9.17, 15) is 18.3 Å². The molecule has 0 aliphatic heterocycles. The molecule has 0 aliphatic carbocycles. The predicted octanol–water partition coefficient (Wildman–Crippen LogP) is 2.38. The molecule has 1 rings (SSSR count). The lowest BCUT2D eigenvalue weighted by atomic mass is 10.2. The number of carbonyl (C=O) groups is 1. The molecule has 1 aromatic rings. The zero-order valence-electron chi connectivity index (χ0n) is 15.8. The molecular formula is C19H26ClNO6S. The standard InChI is InChI=1S/C19H26ClNO6S/c1-28(25,26)21(13-7-3-2-4-12-19(23)24)14-8-9-16(22)15-27-18-11-6-5-10-17(18)20/h5-6,10-11,16,22H,2,4,8-9,12-15H2,1H3,(H,23,24). The van der Waals surface area contributed by atoms with Crippen LogP contribution in [0.1, 0.15) is 32.1 Å². The Labute approximate surface area is 171 Å². The summed E-state index contributed by atoms with van der Waals surface area (Å²) in [7, 11) is -3.42. The molecule has 7 nitrogen and oxygen atoms in total. The van der Waals surface area contributed by atoms with Gasteiger partial charge in [-0.2, -0.15) is 4.31 Å². The lowest BCUT2D eigenvalue weighted by molar-refractivity contribution is -0.137. The molecule has 0 aromatic heterocycles. The third-order valence-electron chi connectivity index (χ3n) is 3.75. The molecular weight excluding hydrogens is 406 g/mol. The first-order chi connectivity index (χ1) is 13.2. The molecule has 0 heterocycles. The number of benzene rings is 1. The zero-order chi connectivity index (χ0) is 21.0. The maximum absolute atomic E-state index is 11.8. The van der Waals surface area contributed by atoms with Gasteiger partial charge in [-0.05, 0) is 31.4 Å². The predicted molar refractivity (Wildman–Crippen MR) is 108 cm³/mol. The van der Waals surface area contributed by atoms with E-state index in [1.807, 2.05) is 0 Å². The summed E-state index contributed by atoms with van der Waals surface area (Å²) >= 11 is 5.98. The number of hydrogen-bond donors (Lipinski definition) is 2. The van der Waals surface area contributed by atoms with Gasteiger partial charge in [-0.1, -0.05) is 29.7 Å². The van der Waals surface area contributed by atoms with Crippen molar-refractivity contribution in [2.24, 2.45) is 0 Å². The zero-order valence-corrected chi connectivity index (χ0v) is 17.4. The molecule has 0 saturated heterocycles. The van der Waals surface area contributed by atoms with Gasteiger partial charge in [0.2, 0.25) is 10.0 Å². The SMILES string of the molecule is CS(=O)(=O)N(CC#CCCCC(=O)O)CCCC(O)COc1ccccc1Cl. The van der Waals surface area contributed by atoms with Crippen LogP contribution in [0, 0.1) is 11.8 Å². The van der Waals surface area contributed by atoms with Crippen LogP contribution in [0.15, 0.2) is 24.3 Å². The molecule has 0 spiro atoms. The number of carboxylic acid groups (broad SMARTS) is 1. The van der Waals surface area contributed by atoms with Crippen molar-refractivity contribution in [3.63, 3.8) is 0 Å². The molecule has 0 saturated carbocycles. The molecule has 0 amide bonds. The van der Waals surface area contributed by atoms with Crippen LogP contribution in [0.3, 0.4) is 0 Å². The van der Waals surface area contributed by atoms with Crippen molar-refractivity contribution in [2.75, 3.05) is 26.0 Å². The molecule has 156 valence electrons. The minimum absolute atomic E-state index is 0.0398. The van der Waals surface area contributed by atoms with Gasteiger partial charge >= 0.3 is 5.97 Å². The first-order valence-corrected chi connectivity index (χ1v) is 11.1. The van der Waals surface area contributed by atoms with Gasteiger partial charge in [0.05, 0.1) is 23.9 Å². The number of hydrogen-bond acceptors (Lipinski definition) is 5. The Hall–Kier alpha value is -1.79. The van der Waals surface area contributed by atoms with Gasteiger partial charge in [0.1, 0.15) is 12.4 Å². The maximum Gasteiger partial charge on any atom is 0.303 e. The number of para-hydroxylation sites is 1. The van der Waals surface area contributed by atoms with E-state index in [4.69, 9.17) is 21.4 Å². The molecule has 1 atom stereocenters. The highest BCUT2D eigenvalue weighted by molar-refractivity contribution is 7.88. The Balaban J connectivity index is 2.37. The fourth-order valence-corrected chi connectivity index (χ4v) is 3.21. The van der Waals surface area contributed by atoms with Crippen molar-refractivity contribution in [3.8, 4) is 17.6 Å². The average molecular weight is 432 g/mol. The van der Waals surface area contributed by atoms with Crippen molar-refractivity contribution in [1.82, 2.24) is 4.31 Å². The summed E-state index contributed by atoms with van der Waals surface area (Å²) < 4.78 is 30.4. The molecule has 2 N–H and O–H groups in total. The molecule has 1 unspecified atom stereocenters. The second kappa shape index (κ2) is 12.6. The van der Waals surface area contributed by atoms with E-state index in [0.717, 1.165) is 6.26 Å². The highest BCUT2D eigenvalue weighted by Gasteiger charge is 2.16. The number of aliphatic carboxylic acids is 1. The Bertz CT molecular complexity index is 787. The minimum Gasteiger partial charge on any atom is -0.489 e. The highest BCUT2D eigenvalue weighted by atomic mass is 35.5. The topological polar surface area (TPSA) is 104 Å². The first kappa shape index (κ1) is 24.2. The summed E-state index contributed by atoms with van der Waals surface area (Å²) in [5.74, 6) is 5.15. The van der Waals surface area contributed by atoms with Crippen LogP contribution in [-0.2, 0) is 14.8 Å². The highest BCUT2D eigenvalue weighted by Crippen LogP contribution is 2.23. The van der Waals surface area contributed by atoms with Gasteiger partial charge in [-0.3, -0.25) is 4.79 Å². The van der Waals surface area contributed by atoms with Gasteiger partial charge in [-0.25, -0.2) is 8.42 Å². The number of aliphatic hydroxyl groups excluding tert-OH is 1. The third-order valence-corrected chi connectivity index (χ3v) is 5.32. The van der Waals surface area contributed by atoms with Gasteiger partial charge in [0.25, 0.3) is 0 Å². The monoisotopic (exact) mass is 431 g/mol. The van der Waals surface area contributed by atoms with Crippen molar-refractivity contribution in [2.45, 2.75) is 38.2 Å². The molecule has 9 heteroatoms. The van der Waals surface area contributed by atoms with Crippen LogP contribution < -0.4 is 4.74 Å². The van der Waals surface area contributed by atoms with E-state index < -0.39 is 22.1 Å². The van der Waals surface area contributed by atoms with Crippen LogP contribution >= 0.6 is 11.6 Å². The average Bonchev–Trinajstić information content (AvgIpc) is 2.61. The van der Waals surface area contributed by atoms with E-state index >= 15 is 0 Å². The Morgan fingerprint density at radius 1 is 1.29 bits per heavy atom. The summed E-state index contributed by atoms with van der Waals surface area (Å²) in [6, 6.07) is 6.95. The molecule has 28 heavy (non-hydrogen) atoms. The van der Waals surface area contributed by atoms with Gasteiger partial charge in [-0.15, -0.1) is 5.92 Å². The Kier molecular flexibility index (Phi) is 10.9. The number of sulfonamides is 1. The number of unbranched alkanes of at least 4 members (excludes halogenated alkanes) is 1. The van der Waals surface area contributed by atoms with Crippen LogP contribution in [0.25, 0.3) is 0 Å². The van der Waals surface area contributed by atoms with Crippen LogP contribution in [0.4, 0.5) is 0 Å². The normalized spacial score (nSPS) is 12.3. The molecule has 0 fully saturated rings. The van der Waals surface area contributed by atoms with Crippen molar-refractivity contribution >= 4 is 27.6 Å². The van der Waals surface area contributed by atoms with Crippen molar-refractivity contribution < 1.29 is 28.2 Å². The first-order valence-electron chi connectivity index (χ1n) is 8.88. The minimum atomic E-state index is -3.42. The summed E-state index contributed by atoms with van der Waals surface area (Å²) in [4.78, 5) is 10.4. The quantitative estimate of drug-likeness (QED) is 0.389. The number of carboxylic acids is 1. The van der Waals surface area contributed by atoms with E-state index in [1.165, 1.54) is 4.31 Å². The van der Waals surface area contributed by atoms with Crippen molar-refractivity contribution in [3.05, 3.63) is 29.3 Å². The number of aliphatic hydroxyl groups is 1. The van der Waals surface area contributed by atoms with Crippen LogP contribution in [0.2, 0.25) is 5.02 Å². The fraction of sp³-hybridized carbons (Fsp3) is 0.526. The number of rotatable bonds is 12. The number of ether oxygens (including phenoxy) is 1. The smallest absolute Gasteiger partial charge is 0.303 e. The lowest BCUT2D eigenvalue weighted by Gasteiger charge is -2.18. The Morgan fingerprint density at radius 3 is 2.64 bits per heavy atom. The molecule has 1 aromatic carbocycles. The summed E-state index contributed by atoms with van der Waals surface area (Å²) in [6.45, 7) is 0.329. The van der Waals surface area contributed by atoms with Gasteiger partial charge in [0.15, 0.2) is 0 Å². The fourth-order valence-electron chi connectivity index (χ4n) is 2.26. The van der Waals surface area contributed by atoms with Crippen LogP contribution in [0.5, 0.6) is 5.75 Å². The second-order valence-electron chi connectivity index (χ2n) is 6.23. The largest absolute Gasteiger partial charge is 0.489 e. The van der Waals surface area contributed by atoms with E-state index in [2.05, 4.69) is 11.8 Å². The van der Waals surface area contributed by atoms with Crippen molar-refractivity contribution in [1.29, 1.82) is 0 Å². The second-order valence-corrected chi connectivity index (χ2v) is 8.62. The van der Waals surface area contributed by atoms with E-state index in [1.54, 1.807) is 24.3 Å². The molecule has 0 radical (unpaired) electrons. The lowest BCUT2D eigenvalue weighted by Crippen LogP contribution is -2.32. The van der Waals surface area contributed by atoms with Gasteiger partial charge < -0.3 is 14.9 Å². The van der Waals surface area contributed by atoms with E-state index in [-0.39, 0.29) is 26.1 Å². The number of nitrogens with zero attached hydrogens (tertiary/aromatic N) is 1. The molecule has 0 bridgehead atoms. The van der Waals surface area contributed by atoms with Crippen LogP contribution in [-0.4, -0.2) is 61.0 Å². The summed E-state index contributed by atoms with van der Waals surface area (Å²) in [5.41, 5.74) is 0. The summed E-state index contributed by atoms with van der Waals surface area (Å²) in [5, 5.41) is 19.0. The van der Waals surface area contributed by atoms with E-state index in [0.29, 0.717) is 36.5 Å².